The van der Waals surface area contributed by atoms with E-state index in [1.54, 1.807) is 0 Å². The molecular weight excluding hydrogens is 282 g/mol. The van der Waals surface area contributed by atoms with Crippen molar-refractivity contribution in [2.24, 2.45) is 17.4 Å². The summed E-state index contributed by atoms with van der Waals surface area (Å²) in [6.07, 6.45) is 2.54. The third kappa shape index (κ3) is 4.73. The number of carbonyl (C=O) groups is 2. The summed E-state index contributed by atoms with van der Waals surface area (Å²) in [6.45, 7) is 1.08. The van der Waals surface area contributed by atoms with E-state index in [0.717, 1.165) is 17.7 Å². The standard InChI is InChI=1S/C16H23N3O3/c17-15(20)12-2-1-9-22-13-5-3-11(4-6-13)10-14(16(18)21)19-8-7-12/h3-6,12,14,19H,1-2,7-10H2,(H2,17,20)(H2,18,21). The number of fused-ring (bicyclic) bond motifs is 11. The Labute approximate surface area is 130 Å². The van der Waals surface area contributed by atoms with Crippen molar-refractivity contribution >= 4 is 11.8 Å². The lowest BCUT2D eigenvalue weighted by Gasteiger charge is -2.19. The van der Waals surface area contributed by atoms with Gasteiger partial charge >= 0.3 is 0 Å². The van der Waals surface area contributed by atoms with Crippen molar-refractivity contribution in [2.45, 2.75) is 31.7 Å². The Bertz CT molecular complexity index is 516. The van der Waals surface area contributed by atoms with E-state index in [0.29, 0.717) is 32.4 Å². The molecule has 0 saturated heterocycles. The molecule has 22 heavy (non-hydrogen) atoms. The second-order valence-electron chi connectivity index (χ2n) is 5.64. The number of carbonyl (C=O) groups excluding carboxylic acids is 2. The molecule has 0 saturated carbocycles. The average Bonchev–Trinajstić information content (AvgIpc) is 2.49. The van der Waals surface area contributed by atoms with E-state index < -0.39 is 11.9 Å². The summed E-state index contributed by atoms with van der Waals surface area (Å²) in [5.74, 6) is -0.149. The summed E-state index contributed by atoms with van der Waals surface area (Å²) in [4.78, 5) is 23.0. The molecular formula is C16H23N3O3. The summed E-state index contributed by atoms with van der Waals surface area (Å²) >= 11 is 0. The molecule has 0 radical (unpaired) electrons. The van der Waals surface area contributed by atoms with Gasteiger partial charge in [0.25, 0.3) is 0 Å². The highest BCUT2D eigenvalue weighted by Crippen LogP contribution is 2.16. The third-order valence-electron chi connectivity index (χ3n) is 3.96. The summed E-state index contributed by atoms with van der Waals surface area (Å²) in [6, 6.07) is 7.17. The van der Waals surface area contributed by atoms with Crippen LogP contribution in [-0.2, 0) is 16.0 Å². The number of benzene rings is 1. The minimum absolute atomic E-state index is 0.214. The minimum atomic E-state index is -0.455. The third-order valence-corrected chi connectivity index (χ3v) is 3.96. The van der Waals surface area contributed by atoms with Crippen LogP contribution in [-0.4, -0.2) is 31.0 Å². The van der Waals surface area contributed by atoms with Crippen LogP contribution in [0.15, 0.2) is 24.3 Å². The van der Waals surface area contributed by atoms with Gasteiger partial charge in [-0.3, -0.25) is 9.59 Å². The Hall–Kier alpha value is -2.08. The van der Waals surface area contributed by atoms with Crippen LogP contribution in [0.2, 0.25) is 0 Å². The van der Waals surface area contributed by atoms with Crippen molar-refractivity contribution in [3.8, 4) is 5.75 Å². The quantitative estimate of drug-likeness (QED) is 0.732. The zero-order chi connectivity index (χ0) is 15.9. The van der Waals surface area contributed by atoms with E-state index in [-0.39, 0.29) is 11.8 Å². The van der Waals surface area contributed by atoms with Crippen molar-refractivity contribution in [3.63, 3.8) is 0 Å². The first-order chi connectivity index (χ1) is 10.6. The van der Waals surface area contributed by atoms with E-state index >= 15 is 0 Å². The SMILES string of the molecule is NC(=O)C1CCCOc2ccc(cc2)CC(C(N)=O)NCC1. The Morgan fingerprint density at radius 2 is 1.82 bits per heavy atom. The summed E-state index contributed by atoms with van der Waals surface area (Å²) < 4.78 is 5.65. The average molecular weight is 305 g/mol. The lowest BCUT2D eigenvalue weighted by molar-refractivity contribution is -0.122. The predicted octanol–water partition coefficient (Wildman–Crippen LogP) is 0.337. The summed E-state index contributed by atoms with van der Waals surface area (Å²) in [5.41, 5.74) is 11.9. The number of nitrogens with two attached hydrogens (primary N) is 2. The molecule has 6 nitrogen and oxygen atoms in total. The zero-order valence-corrected chi connectivity index (χ0v) is 12.6. The minimum Gasteiger partial charge on any atom is -0.494 e. The molecule has 2 aliphatic rings. The molecule has 2 unspecified atom stereocenters. The van der Waals surface area contributed by atoms with Crippen molar-refractivity contribution in [1.29, 1.82) is 0 Å². The maximum atomic E-state index is 11.6. The topological polar surface area (TPSA) is 107 Å². The van der Waals surface area contributed by atoms with E-state index in [4.69, 9.17) is 16.2 Å². The van der Waals surface area contributed by atoms with E-state index in [9.17, 15) is 9.59 Å². The highest BCUT2D eigenvalue weighted by Gasteiger charge is 2.19. The van der Waals surface area contributed by atoms with Gasteiger partial charge in [-0.25, -0.2) is 0 Å². The van der Waals surface area contributed by atoms with Crippen molar-refractivity contribution in [1.82, 2.24) is 5.32 Å². The lowest BCUT2D eigenvalue weighted by atomic mass is 9.98. The molecule has 0 fully saturated rings. The van der Waals surface area contributed by atoms with Crippen LogP contribution in [0.4, 0.5) is 0 Å². The number of rotatable bonds is 2. The molecule has 2 aliphatic heterocycles. The molecule has 120 valence electrons. The maximum Gasteiger partial charge on any atom is 0.234 e. The van der Waals surface area contributed by atoms with Crippen LogP contribution >= 0.6 is 0 Å². The molecule has 2 atom stereocenters. The molecule has 2 bridgehead atoms. The second-order valence-corrected chi connectivity index (χ2v) is 5.64. The van der Waals surface area contributed by atoms with E-state index in [1.165, 1.54) is 0 Å². The summed E-state index contributed by atoms with van der Waals surface area (Å²) in [7, 11) is 0. The number of hydrogen-bond acceptors (Lipinski definition) is 4. The fourth-order valence-electron chi connectivity index (χ4n) is 2.61. The maximum absolute atomic E-state index is 11.6. The fraction of sp³-hybridized carbons (Fsp3) is 0.500. The Morgan fingerprint density at radius 1 is 1.09 bits per heavy atom. The fourth-order valence-corrected chi connectivity index (χ4v) is 2.61. The molecule has 2 heterocycles. The molecule has 2 amide bonds. The van der Waals surface area contributed by atoms with E-state index in [1.807, 2.05) is 24.3 Å². The van der Waals surface area contributed by atoms with Gasteiger partial charge in [-0.05, 0) is 49.9 Å². The van der Waals surface area contributed by atoms with Crippen molar-refractivity contribution in [3.05, 3.63) is 29.8 Å². The predicted molar refractivity (Wildman–Crippen MR) is 83.2 cm³/mol. The zero-order valence-electron chi connectivity index (χ0n) is 12.6. The Kier molecular flexibility index (Phi) is 5.77. The van der Waals surface area contributed by atoms with E-state index in [2.05, 4.69) is 5.32 Å². The van der Waals surface area contributed by atoms with Crippen LogP contribution in [0.25, 0.3) is 0 Å². The number of ether oxygens (including phenoxy) is 1. The van der Waals surface area contributed by atoms with Crippen molar-refractivity contribution < 1.29 is 14.3 Å². The first-order valence-electron chi connectivity index (χ1n) is 7.60. The van der Waals surface area contributed by atoms with Crippen LogP contribution in [0, 0.1) is 5.92 Å². The van der Waals surface area contributed by atoms with Gasteiger partial charge in [0.1, 0.15) is 5.75 Å². The highest BCUT2D eigenvalue weighted by atomic mass is 16.5. The molecule has 1 aromatic carbocycles. The number of hydrogen-bond donors (Lipinski definition) is 3. The van der Waals surface area contributed by atoms with Gasteiger partial charge < -0.3 is 21.5 Å². The van der Waals surface area contributed by atoms with Gasteiger partial charge in [0, 0.05) is 5.92 Å². The molecule has 0 aliphatic carbocycles. The van der Waals surface area contributed by atoms with Crippen LogP contribution in [0.5, 0.6) is 5.75 Å². The normalized spacial score (nSPS) is 23.3. The van der Waals surface area contributed by atoms with Crippen LogP contribution < -0.4 is 21.5 Å². The van der Waals surface area contributed by atoms with Gasteiger partial charge in [0.2, 0.25) is 11.8 Å². The van der Waals surface area contributed by atoms with Gasteiger partial charge in [-0.2, -0.15) is 0 Å². The van der Waals surface area contributed by atoms with Gasteiger partial charge in [-0.1, -0.05) is 12.1 Å². The molecule has 3 rings (SSSR count). The monoisotopic (exact) mass is 305 g/mol. The number of nitrogens with one attached hydrogen (secondary N) is 1. The molecule has 5 N–H and O–H groups in total. The molecule has 0 aromatic heterocycles. The van der Waals surface area contributed by atoms with Crippen LogP contribution in [0.1, 0.15) is 24.8 Å². The largest absolute Gasteiger partial charge is 0.494 e. The van der Waals surface area contributed by atoms with Gasteiger partial charge in [0.15, 0.2) is 0 Å². The first-order valence-corrected chi connectivity index (χ1v) is 7.60. The van der Waals surface area contributed by atoms with Gasteiger partial charge in [0.05, 0.1) is 12.6 Å². The van der Waals surface area contributed by atoms with Gasteiger partial charge in [-0.15, -0.1) is 0 Å². The highest BCUT2D eigenvalue weighted by molar-refractivity contribution is 5.80. The Balaban J connectivity index is 2.11. The molecule has 6 heteroatoms. The number of amides is 2. The number of primary amides is 2. The summed E-state index contributed by atoms with van der Waals surface area (Å²) in [5, 5.41) is 3.13. The van der Waals surface area contributed by atoms with Crippen molar-refractivity contribution in [2.75, 3.05) is 13.2 Å². The molecule has 1 aromatic rings. The Morgan fingerprint density at radius 3 is 2.45 bits per heavy atom. The lowest BCUT2D eigenvalue weighted by Crippen LogP contribution is -2.44. The first kappa shape index (κ1) is 16.3. The smallest absolute Gasteiger partial charge is 0.234 e. The second kappa shape index (κ2) is 7.79. The molecule has 0 spiro atoms. The van der Waals surface area contributed by atoms with Crippen LogP contribution in [0.3, 0.4) is 0 Å².